The molecule has 106 valence electrons. The number of halogens is 2. The van der Waals surface area contributed by atoms with E-state index < -0.39 is 0 Å². The van der Waals surface area contributed by atoms with E-state index in [2.05, 4.69) is 5.32 Å². The van der Waals surface area contributed by atoms with E-state index in [9.17, 15) is 0 Å². The summed E-state index contributed by atoms with van der Waals surface area (Å²) in [5.41, 5.74) is 1.85. The van der Waals surface area contributed by atoms with E-state index in [1.54, 1.807) is 20.3 Å². The van der Waals surface area contributed by atoms with Crippen LogP contribution < -0.4 is 14.8 Å². The molecule has 0 atom stereocenters. The van der Waals surface area contributed by atoms with E-state index in [4.69, 9.17) is 32.7 Å². The number of ether oxygens (including phenoxy) is 2. The summed E-state index contributed by atoms with van der Waals surface area (Å²) >= 11 is 12.2. The average Bonchev–Trinajstić information content (AvgIpc) is 2.46. The summed E-state index contributed by atoms with van der Waals surface area (Å²) < 4.78 is 10.3. The van der Waals surface area contributed by atoms with Crippen LogP contribution in [-0.4, -0.2) is 14.2 Å². The maximum Gasteiger partial charge on any atom is 0.137 e. The van der Waals surface area contributed by atoms with Gasteiger partial charge in [-0.05, 0) is 29.8 Å². The summed E-state index contributed by atoms with van der Waals surface area (Å²) in [6.45, 7) is 0.608. The largest absolute Gasteiger partial charge is 0.497 e. The Morgan fingerprint density at radius 1 is 0.950 bits per heavy atom. The van der Waals surface area contributed by atoms with Crippen molar-refractivity contribution in [3.8, 4) is 11.5 Å². The quantitative estimate of drug-likeness (QED) is 0.873. The fraction of sp³-hybridized carbons (Fsp3) is 0.200. The molecular formula is C15H15Cl2NO2. The van der Waals surface area contributed by atoms with Gasteiger partial charge in [-0.25, -0.2) is 0 Å². The molecule has 0 saturated carbocycles. The molecule has 0 saturated heterocycles. The van der Waals surface area contributed by atoms with Crippen molar-refractivity contribution in [2.75, 3.05) is 19.5 Å². The Labute approximate surface area is 128 Å². The lowest BCUT2D eigenvalue weighted by Crippen LogP contribution is -2.00. The first kappa shape index (κ1) is 14.8. The molecule has 5 heteroatoms. The fourth-order valence-corrected chi connectivity index (χ4v) is 2.25. The third kappa shape index (κ3) is 3.50. The molecule has 0 spiro atoms. The number of nitrogens with one attached hydrogen (secondary N) is 1. The highest BCUT2D eigenvalue weighted by atomic mass is 35.5. The van der Waals surface area contributed by atoms with Gasteiger partial charge in [0.05, 0.1) is 30.0 Å². The van der Waals surface area contributed by atoms with Crippen molar-refractivity contribution >= 4 is 28.9 Å². The van der Waals surface area contributed by atoms with Gasteiger partial charge in [0, 0.05) is 12.6 Å². The van der Waals surface area contributed by atoms with E-state index in [0.717, 1.165) is 17.0 Å². The molecule has 0 aliphatic carbocycles. The number of anilines is 1. The Hall–Kier alpha value is -1.58. The minimum Gasteiger partial charge on any atom is -0.497 e. The van der Waals surface area contributed by atoms with Crippen molar-refractivity contribution in [1.29, 1.82) is 0 Å². The van der Waals surface area contributed by atoms with Crippen LogP contribution in [0.25, 0.3) is 0 Å². The number of rotatable bonds is 5. The monoisotopic (exact) mass is 311 g/mol. The minimum absolute atomic E-state index is 0.587. The van der Waals surface area contributed by atoms with Crippen LogP contribution in [0, 0.1) is 0 Å². The molecule has 0 aliphatic heterocycles. The third-order valence-corrected chi connectivity index (χ3v) is 3.50. The second-order valence-corrected chi connectivity index (χ2v) is 4.98. The molecule has 1 N–H and O–H groups in total. The summed E-state index contributed by atoms with van der Waals surface area (Å²) in [4.78, 5) is 0. The topological polar surface area (TPSA) is 30.5 Å². The lowest BCUT2D eigenvalue weighted by molar-refractivity contribution is 0.415. The Morgan fingerprint density at radius 3 is 2.40 bits per heavy atom. The first-order valence-electron chi connectivity index (χ1n) is 6.04. The number of hydrogen-bond donors (Lipinski definition) is 1. The Kier molecular flexibility index (Phi) is 4.99. The van der Waals surface area contributed by atoms with Gasteiger partial charge in [0.15, 0.2) is 0 Å². The Balaban J connectivity index is 2.10. The summed E-state index contributed by atoms with van der Waals surface area (Å²) in [5, 5.41) is 4.49. The minimum atomic E-state index is 0.587. The standard InChI is InChI=1S/C15H15Cl2NO2/c1-19-11-4-5-12(16)14(8-11)18-9-10-3-6-15(20-2)13(17)7-10/h3-8,18H,9H2,1-2H3. The zero-order chi connectivity index (χ0) is 14.5. The van der Waals surface area contributed by atoms with Gasteiger partial charge >= 0.3 is 0 Å². The van der Waals surface area contributed by atoms with Gasteiger partial charge in [0.1, 0.15) is 11.5 Å². The summed E-state index contributed by atoms with van der Waals surface area (Å²) in [6, 6.07) is 11.1. The van der Waals surface area contributed by atoms with Crippen LogP contribution in [0.3, 0.4) is 0 Å². The molecule has 0 radical (unpaired) electrons. The van der Waals surface area contributed by atoms with Gasteiger partial charge in [-0.1, -0.05) is 29.3 Å². The Morgan fingerprint density at radius 2 is 1.75 bits per heavy atom. The molecule has 0 aliphatic rings. The molecule has 2 aromatic carbocycles. The van der Waals surface area contributed by atoms with Crippen molar-refractivity contribution in [3.05, 3.63) is 52.0 Å². The van der Waals surface area contributed by atoms with Crippen LogP contribution >= 0.6 is 23.2 Å². The molecule has 20 heavy (non-hydrogen) atoms. The van der Waals surface area contributed by atoms with E-state index in [1.165, 1.54) is 0 Å². The van der Waals surface area contributed by atoms with Gasteiger partial charge in [-0.15, -0.1) is 0 Å². The molecule has 2 rings (SSSR count). The van der Waals surface area contributed by atoms with Crippen LogP contribution in [0.1, 0.15) is 5.56 Å². The van der Waals surface area contributed by atoms with E-state index in [1.807, 2.05) is 30.3 Å². The van der Waals surface area contributed by atoms with Gasteiger partial charge < -0.3 is 14.8 Å². The van der Waals surface area contributed by atoms with Gasteiger partial charge in [0.25, 0.3) is 0 Å². The molecule has 0 heterocycles. The lowest BCUT2D eigenvalue weighted by Gasteiger charge is -2.11. The molecule has 0 aromatic heterocycles. The number of hydrogen-bond acceptors (Lipinski definition) is 3. The predicted molar refractivity (Wildman–Crippen MR) is 83.3 cm³/mol. The molecule has 3 nitrogen and oxygen atoms in total. The molecular weight excluding hydrogens is 297 g/mol. The smallest absolute Gasteiger partial charge is 0.137 e. The normalized spacial score (nSPS) is 10.2. The molecule has 2 aromatic rings. The fourth-order valence-electron chi connectivity index (χ4n) is 1.78. The second kappa shape index (κ2) is 6.73. The molecule has 0 unspecified atom stereocenters. The summed E-state index contributed by atoms with van der Waals surface area (Å²) in [7, 11) is 3.21. The maximum atomic E-state index is 6.13. The molecule has 0 fully saturated rings. The third-order valence-electron chi connectivity index (χ3n) is 2.87. The highest BCUT2D eigenvalue weighted by Crippen LogP contribution is 2.28. The number of methoxy groups -OCH3 is 2. The summed E-state index contributed by atoms with van der Waals surface area (Å²) in [6.07, 6.45) is 0. The predicted octanol–water partition coefficient (Wildman–Crippen LogP) is 4.62. The first-order valence-corrected chi connectivity index (χ1v) is 6.79. The lowest BCUT2D eigenvalue weighted by atomic mass is 10.2. The highest BCUT2D eigenvalue weighted by molar-refractivity contribution is 6.33. The summed E-state index contributed by atoms with van der Waals surface area (Å²) in [5.74, 6) is 1.42. The Bertz CT molecular complexity index is 602. The van der Waals surface area contributed by atoms with Gasteiger partial charge in [-0.3, -0.25) is 0 Å². The van der Waals surface area contributed by atoms with Gasteiger partial charge in [0.2, 0.25) is 0 Å². The zero-order valence-electron chi connectivity index (χ0n) is 11.2. The van der Waals surface area contributed by atoms with Crippen molar-refractivity contribution in [2.45, 2.75) is 6.54 Å². The average molecular weight is 312 g/mol. The maximum absolute atomic E-state index is 6.13. The van der Waals surface area contributed by atoms with E-state index in [0.29, 0.717) is 22.3 Å². The second-order valence-electron chi connectivity index (χ2n) is 4.17. The van der Waals surface area contributed by atoms with Crippen LogP contribution in [0.4, 0.5) is 5.69 Å². The SMILES string of the molecule is COc1ccc(Cl)c(NCc2ccc(OC)c(Cl)c2)c1. The van der Waals surface area contributed by atoms with Crippen molar-refractivity contribution < 1.29 is 9.47 Å². The van der Waals surface area contributed by atoms with Crippen molar-refractivity contribution in [1.82, 2.24) is 0 Å². The van der Waals surface area contributed by atoms with Crippen LogP contribution in [0.5, 0.6) is 11.5 Å². The molecule has 0 bridgehead atoms. The van der Waals surface area contributed by atoms with Gasteiger partial charge in [-0.2, -0.15) is 0 Å². The van der Waals surface area contributed by atoms with Crippen LogP contribution in [0.15, 0.2) is 36.4 Å². The number of benzene rings is 2. The van der Waals surface area contributed by atoms with Crippen LogP contribution in [0.2, 0.25) is 10.0 Å². The zero-order valence-corrected chi connectivity index (χ0v) is 12.8. The molecule has 0 amide bonds. The van der Waals surface area contributed by atoms with E-state index in [-0.39, 0.29) is 0 Å². The van der Waals surface area contributed by atoms with E-state index >= 15 is 0 Å². The van der Waals surface area contributed by atoms with Crippen LogP contribution in [-0.2, 0) is 6.54 Å². The van der Waals surface area contributed by atoms with Crippen molar-refractivity contribution in [3.63, 3.8) is 0 Å². The van der Waals surface area contributed by atoms with Crippen molar-refractivity contribution in [2.24, 2.45) is 0 Å². The highest BCUT2D eigenvalue weighted by Gasteiger charge is 2.04. The first-order chi connectivity index (χ1) is 9.63.